The first kappa shape index (κ1) is 20.7. The van der Waals surface area contributed by atoms with E-state index in [1.807, 2.05) is 37.3 Å². The van der Waals surface area contributed by atoms with Crippen molar-refractivity contribution in [2.24, 2.45) is 5.92 Å². The Bertz CT molecular complexity index is 964. The van der Waals surface area contributed by atoms with Crippen LogP contribution in [0.5, 0.6) is 0 Å². The molecule has 0 fully saturated rings. The fourth-order valence-electron chi connectivity index (χ4n) is 2.99. The zero-order valence-electron chi connectivity index (χ0n) is 17.0. The van der Waals surface area contributed by atoms with Crippen LogP contribution in [0, 0.1) is 12.8 Å². The number of nitrogens with zero attached hydrogens (tertiary/aromatic N) is 3. The lowest BCUT2D eigenvalue weighted by molar-refractivity contribution is -0.120. The van der Waals surface area contributed by atoms with Crippen molar-refractivity contribution >= 4 is 5.91 Å². The SMILES string of the molecule is Cc1cc(-c2nc(-c3ccc(CC(=O)NCCO)cc3)no2)cnc1CC(C)C. The normalized spacial score (nSPS) is 11.1. The molecular weight excluding hydrogens is 368 g/mol. The number of rotatable bonds is 8. The van der Waals surface area contributed by atoms with E-state index in [4.69, 9.17) is 9.63 Å². The highest BCUT2D eigenvalue weighted by Gasteiger charge is 2.13. The maximum atomic E-state index is 11.7. The molecule has 0 saturated carbocycles. The molecule has 2 N–H and O–H groups in total. The molecule has 0 saturated heterocycles. The Morgan fingerprint density at radius 3 is 2.62 bits per heavy atom. The number of amides is 1. The highest BCUT2D eigenvalue weighted by molar-refractivity contribution is 5.78. The molecule has 0 spiro atoms. The van der Waals surface area contributed by atoms with Gasteiger partial charge in [-0.3, -0.25) is 9.78 Å². The molecule has 0 aliphatic rings. The number of aliphatic hydroxyl groups excluding tert-OH is 1. The van der Waals surface area contributed by atoms with Gasteiger partial charge in [0.25, 0.3) is 5.89 Å². The monoisotopic (exact) mass is 394 g/mol. The van der Waals surface area contributed by atoms with Crippen molar-refractivity contribution in [1.82, 2.24) is 20.4 Å². The second kappa shape index (κ2) is 9.43. The van der Waals surface area contributed by atoms with E-state index in [9.17, 15) is 4.79 Å². The Kier molecular flexibility index (Phi) is 6.72. The van der Waals surface area contributed by atoms with Crippen LogP contribution in [0.2, 0.25) is 0 Å². The Morgan fingerprint density at radius 2 is 1.97 bits per heavy atom. The molecule has 152 valence electrons. The van der Waals surface area contributed by atoms with Gasteiger partial charge in [0, 0.05) is 24.0 Å². The van der Waals surface area contributed by atoms with Crippen LogP contribution in [0.3, 0.4) is 0 Å². The van der Waals surface area contributed by atoms with Gasteiger partial charge in [-0.25, -0.2) is 0 Å². The van der Waals surface area contributed by atoms with Crippen LogP contribution in [0.25, 0.3) is 22.8 Å². The van der Waals surface area contributed by atoms with E-state index >= 15 is 0 Å². The highest BCUT2D eigenvalue weighted by atomic mass is 16.5. The molecule has 29 heavy (non-hydrogen) atoms. The molecular formula is C22H26N4O3. The molecule has 0 aliphatic heterocycles. The van der Waals surface area contributed by atoms with E-state index in [0.717, 1.165) is 34.4 Å². The third-order valence-electron chi connectivity index (χ3n) is 4.47. The molecule has 0 aliphatic carbocycles. The van der Waals surface area contributed by atoms with Crippen LogP contribution in [0.4, 0.5) is 0 Å². The minimum absolute atomic E-state index is 0.0691. The number of pyridine rings is 1. The second-order valence-corrected chi connectivity index (χ2v) is 7.46. The van der Waals surface area contributed by atoms with E-state index in [1.54, 1.807) is 6.20 Å². The fourth-order valence-corrected chi connectivity index (χ4v) is 2.99. The molecule has 0 bridgehead atoms. The summed E-state index contributed by atoms with van der Waals surface area (Å²) in [6.07, 6.45) is 2.97. The van der Waals surface area contributed by atoms with Crippen LogP contribution in [-0.2, 0) is 17.6 Å². The van der Waals surface area contributed by atoms with Crippen molar-refractivity contribution in [1.29, 1.82) is 0 Å². The average molecular weight is 394 g/mol. The van der Waals surface area contributed by atoms with Gasteiger partial charge in [-0.05, 0) is 36.5 Å². The van der Waals surface area contributed by atoms with Gasteiger partial charge in [0.05, 0.1) is 18.6 Å². The lowest BCUT2D eigenvalue weighted by Crippen LogP contribution is -2.27. The summed E-state index contributed by atoms with van der Waals surface area (Å²) in [4.78, 5) is 20.8. The summed E-state index contributed by atoms with van der Waals surface area (Å²) in [5.74, 6) is 1.34. The quantitative estimate of drug-likeness (QED) is 0.609. The maximum absolute atomic E-state index is 11.7. The number of hydrogen-bond acceptors (Lipinski definition) is 6. The summed E-state index contributed by atoms with van der Waals surface area (Å²) in [5.41, 5.74) is 4.67. The van der Waals surface area contributed by atoms with Gasteiger partial charge in [0.2, 0.25) is 11.7 Å². The first-order chi connectivity index (χ1) is 14.0. The summed E-state index contributed by atoms with van der Waals surface area (Å²) in [6.45, 7) is 6.58. The number of nitrogens with one attached hydrogen (secondary N) is 1. The predicted octanol–water partition coefficient (Wildman–Crippen LogP) is 2.96. The Labute approximate surface area is 170 Å². The van der Waals surface area contributed by atoms with E-state index in [1.165, 1.54) is 0 Å². The number of aliphatic hydroxyl groups is 1. The topological polar surface area (TPSA) is 101 Å². The van der Waals surface area contributed by atoms with Crippen molar-refractivity contribution in [3.63, 3.8) is 0 Å². The minimum Gasteiger partial charge on any atom is -0.395 e. The predicted molar refractivity (Wildman–Crippen MR) is 110 cm³/mol. The molecule has 0 atom stereocenters. The van der Waals surface area contributed by atoms with E-state index in [-0.39, 0.29) is 25.5 Å². The van der Waals surface area contributed by atoms with Gasteiger partial charge in [-0.1, -0.05) is 43.3 Å². The van der Waals surface area contributed by atoms with Crippen LogP contribution in [-0.4, -0.2) is 39.3 Å². The summed E-state index contributed by atoms with van der Waals surface area (Å²) in [6, 6.07) is 9.46. The Morgan fingerprint density at radius 1 is 1.21 bits per heavy atom. The third kappa shape index (κ3) is 5.48. The molecule has 1 amide bonds. The molecule has 2 aromatic heterocycles. The van der Waals surface area contributed by atoms with Gasteiger partial charge in [-0.2, -0.15) is 4.98 Å². The van der Waals surface area contributed by atoms with Gasteiger partial charge >= 0.3 is 0 Å². The van der Waals surface area contributed by atoms with Crippen LogP contribution < -0.4 is 5.32 Å². The Hall–Kier alpha value is -3.06. The second-order valence-electron chi connectivity index (χ2n) is 7.46. The minimum atomic E-state index is -0.127. The average Bonchev–Trinajstić information content (AvgIpc) is 3.18. The molecule has 7 heteroatoms. The third-order valence-corrected chi connectivity index (χ3v) is 4.47. The van der Waals surface area contributed by atoms with Crippen LogP contribution in [0.1, 0.15) is 30.7 Å². The van der Waals surface area contributed by atoms with Gasteiger partial charge in [0.15, 0.2) is 0 Å². The lowest BCUT2D eigenvalue weighted by Gasteiger charge is -2.07. The van der Waals surface area contributed by atoms with Gasteiger partial charge < -0.3 is 14.9 Å². The summed E-state index contributed by atoms with van der Waals surface area (Å²) < 4.78 is 5.43. The molecule has 1 aromatic carbocycles. The van der Waals surface area contributed by atoms with Crippen LogP contribution >= 0.6 is 0 Å². The molecule has 0 unspecified atom stereocenters. The first-order valence-electron chi connectivity index (χ1n) is 9.72. The standard InChI is InChI=1S/C22H26N4O3/c1-14(2)10-19-15(3)11-18(13-24-19)22-25-21(26-29-22)17-6-4-16(5-7-17)12-20(28)23-8-9-27/h4-7,11,13-14,27H,8-10,12H2,1-3H3,(H,23,28). The number of carbonyl (C=O) groups is 1. The zero-order valence-corrected chi connectivity index (χ0v) is 17.0. The van der Waals surface area contributed by atoms with Crippen molar-refractivity contribution in [2.45, 2.75) is 33.6 Å². The van der Waals surface area contributed by atoms with Crippen molar-refractivity contribution < 1.29 is 14.4 Å². The van der Waals surface area contributed by atoms with Gasteiger partial charge in [-0.15, -0.1) is 0 Å². The maximum Gasteiger partial charge on any atom is 0.259 e. The number of aryl methyl sites for hydroxylation is 1. The molecule has 0 radical (unpaired) electrons. The van der Waals surface area contributed by atoms with Crippen molar-refractivity contribution in [3.05, 3.63) is 53.3 Å². The molecule has 2 heterocycles. The molecule has 7 nitrogen and oxygen atoms in total. The molecule has 3 rings (SSSR count). The van der Waals surface area contributed by atoms with E-state index in [0.29, 0.717) is 17.6 Å². The summed E-state index contributed by atoms with van der Waals surface area (Å²) in [7, 11) is 0. The smallest absolute Gasteiger partial charge is 0.259 e. The van der Waals surface area contributed by atoms with Crippen LogP contribution in [0.15, 0.2) is 41.1 Å². The number of carbonyl (C=O) groups excluding carboxylic acids is 1. The van der Waals surface area contributed by atoms with Crippen molar-refractivity contribution in [2.75, 3.05) is 13.2 Å². The summed E-state index contributed by atoms with van der Waals surface area (Å²) in [5, 5.41) is 15.5. The number of benzene rings is 1. The first-order valence-corrected chi connectivity index (χ1v) is 9.72. The molecule has 3 aromatic rings. The van der Waals surface area contributed by atoms with E-state index < -0.39 is 0 Å². The number of hydrogen-bond donors (Lipinski definition) is 2. The van der Waals surface area contributed by atoms with Crippen molar-refractivity contribution in [3.8, 4) is 22.8 Å². The number of aromatic nitrogens is 3. The van der Waals surface area contributed by atoms with Gasteiger partial charge in [0.1, 0.15) is 0 Å². The highest BCUT2D eigenvalue weighted by Crippen LogP contribution is 2.24. The zero-order chi connectivity index (χ0) is 20.8. The fraction of sp³-hybridized carbons (Fsp3) is 0.364. The summed E-state index contributed by atoms with van der Waals surface area (Å²) >= 11 is 0. The Balaban J connectivity index is 1.71. The largest absolute Gasteiger partial charge is 0.395 e. The lowest BCUT2D eigenvalue weighted by atomic mass is 10.0. The van der Waals surface area contributed by atoms with E-state index in [2.05, 4.69) is 34.3 Å².